The molecule has 0 amide bonds. The summed E-state index contributed by atoms with van der Waals surface area (Å²) in [6.45, 7) is 3.67. The van der Waals surface area contributed by atoms with Crippen LogP contribution in [0.1, 0.15) is 70.3 Å². The molecule has 204 valence electrons. The summed E-state index contributed by atoms with van der Waals surface area (Å²) in [6.07, 6.45) is 9.61. The molecule has 7 nitrogen and oxygen atoms in total. The zero-order valence-corrected chi connectivity index (χ0v) is 22.3. The van der Waals surface area contributed by atoms with Gasteiger partial charge in [-0.15, -0.1) is 0 Å². The average molecular weight is 516 g/mol. The molecule has 3 atom stereocenters. The zero-order chi connectivity index (χ0) is 26.4. The van der Waals surface area contributed by atoms with Gasteiger partial charge in [-0.2, -0.15) is 0 Å². The van der Waals surface area contributed by atoms with E-state index in [-0.39, 0.29) is 23.5 Å². The second kappa shape index (κ2) is 12.9. The van der Waals surface area contributed by atoms with Gasteiger partial charge in [0.05, 0.1) is 0 Å². The molecule has 37 heavy (non-hydrogen) atoms. The molecule has 1 heterocycles. The molecular formula is C29H42FN3O4. The number of benzene rings is 1. The molecule has 4 rings (SSSR count). The Morgan fingerprint density at radius 2 is 1.86 bits per heavy atom. The summed E-state index contributed by atoms with van der Waals surface area (Å²) in [4.78, 5) is 27.2. The van der Waals surface area contributed by atoms with Crippen LogP contribution in [0.2, 0.25) is 0 Å². The highest BCUT2D eigenvalue weighted by Crippen LogP contribution is 2.32. The van der Waals surface area contributed by atoms with Crippen molar-refractivity contribution in [3.8, 4) is 5.75 Å². The largest absolute Gasteiger partial charge is 0.462 e. The number of hydrogen-bond donors (Lipinski definition) is 2. The number of methoxy groups -OCH3 is 1. The quantitative estimate of drug-likeness (QED) is 0.321. The van der Waals surface area contributed by atoms with Gasteiger partial charge in [-0.05, 0) is 49.1 Å². The van der Waals surface area contributed by atoms with Crippen LogP contribution in [-0.4, -0.2) is 39.1 Å². The van der Waals surface area contributed by atoms with Crippen LogP contribution in [0, 0.1) is 17.7 Å². The van der Waals surface area contributed by atoms with Crippen LogP contribution in [0.3, 0.4) is 0 Å². The number of anilines is 2. The Morgan fingerprint density at radius 1 is 1.11 bits per heavy atom. The maximum absolute atomic E-state index is 15.2. The average Bonchev–Trinajstić information content (AvgIpc) is 2.93. The van der Waals surface area contributed by atoms with Crippen molar-refractivity contribution in [3.05, 3.63) is 50.0 Å². The summed E-state index contributed by atoms with van der Waals surface area (Å²) >= 11 is 0. The number of ether oxygens (including phenoxy) is 2. The summed E-state index contributed by atoms with van der Waals surface area (Å²) in [6, 6.07) is 5.20. The van der Waals surface area contributed by atoms with Crippen molar-refractivity contribution in [2.75, 3.05) is 37.0 Å². The van der Waals surface area contributed by atoms with Gasteiger partial charge in [0, 0.05) is 39.2 Å². The van der Waals surface area contributed by atoms with Crippen molar-refractivity contribution in [2.45, 2.75) is 83.5 Å². The van der Waals surface area contributed by atoms with Crippen molar-refractivity contribution >= 4 is 11.4 Å². The first-order chi connectivity index (χ1) is 17.9. The van der Waals surface area contributed by atoms with Crippen LogP contribution in [0.25, 0.3) is 0 Å². The Balaban J connectivity index is 1.42. The van der Waals surface area contributed by atoms with E-state index in [2.05, 4.69) is 5.32 Å². The molecule has 0 aromatic heterocycles. The molecule has 2 fully saturated rings. The number of halogens is 1. The van der Waals surface area contributed by atoms with E-state index in [1.54, 1.807) is 25.3 Å². The van der Waals surface area contributed by atoms with Gasteiger partial charge in [-0.3, -0.25) is 9.59 Å². The topological polar surface area (TPSA) is 93.9 Å². The van der Waals surface area contributed by atoms with Crippen molar-refractivity contribution in [2.24, 2.45) is 17.6 Å². The normalized spacial score (nSPS) is 20.6. The van der Waals surface area contributed by atoms with Crippen LogP contribution in [0.4, 0.5) is 15.8 Å². The summed E-state index contributed by atoms with van der Waals surface area (Å²) in [5.41, 5.74) is 6.68. The lowest BCUT2D eigenvalue weighted by atomic mass is 9.84. The third-order valence-electron chi connectivity index (χ3n) is 8.10. The molecule has 1 aliphatic carbocycles. The van der Waals surface area contributed by atoms with Gasteiger partial charge >= 0.3 is 0 Å². The first-order valence-corrected chi connectivity index (χ1v) is 14.0. The van der Waals surface area contributed by atoms with Gasteiger partial charge in [0.25, 0.3) is 10.9 Å². The SMILES string of the molecule is CCC(OC)Oc1cccc(CC2CCCN(c3c(NC(CN)CC4CCCCC4)c(=O)c3=O)C2)c1F. The predicted molar refractivity (Wildman–Crippen MR) is 146 cm³/mol. The number of piperidine rings is 1. The van der Waals surface area contributed by atoms with Crippen LogP contribution in [-0.2, 0) is 11.2 Å². The van der Waals surface area contributed by atoms with E-state index in [9.17, 15) is 9.59 Å². The highest BCUT2D eigenvalue weighted by Gasteiger charge is 2.32. The van der Waals surface area contributed by atoms with Gasteiger partial charge < -0.3 is 25.4 Å². The van der Waals surface area contributed by atoms with Crippen molar-refractivity contribution in [1.29, 1.82) is 0 Å². The Hall–Kier alpha value is -2.45. The molecule has 3 unspecified atom stereocenters. The number of hydrogen-bond acceptors (Lipinski definition) is 7. The second-order valence-corrected chi connectivity index (χ2v) is 10.8. The van der Waals surface area contributed by atoms with E-state index < -0.39 is 17.1 Å². The monoisotopic (exact) mass is 515 g/mol. The third-order valence-corrected chi connectivity index (χ3v) is 8.10. The standard InChI is InChI=1S/C29H42FN3O4/c1-3-24(36-2)37-23-13-7-12-21(25(23)30)15-20-11-8-14-33(18-20)27-26(28(34)29(27)35)32-22(17-31)16-19-9-5-4-6-10-19/h7,12-13,19-20,22,24,32H,3-6,8-11,14-18,31H2,1-2H3. The fourth-order valence-electron chi connectivity index (χ4n) is 6.05. The Labute approximate surface area is 219 Å². The fraction of sp³-hybridized carbons (Fsp3) is 0.655. The van der Waals surface area contributed by atoms with E-state index in [0.717, 1.165) is 19.3 Å². The van der Waals surface area contributed by atoms with Crippen LogP contribution >= 0.6 is 0 Å². The van der Waals surface area contributed by atoms with E-state index in [0.29, 0.717) is 55.3 Å². The summed E-state index contributed by atoms with van der Waals surface area (Å²) in [7, 11) is 1.54. The third kappa shape index (κ3) is 6.52. The zero-order valence-electron chi connectivity index (χ0n) is 22.3. The number of nitrogens with two attached hydrogens (primary N) is 1. The van der Waals surface area contributed by atoms with Crippen LogP contribution < -0.4 is 31.5 Å². The van der Waals surface area contributed by atoms with Gasteiger partial charge in [-0.1, -0.05) is 51.2 Å². The number of nitrogens with zero attached hydrogens (tertiary/aromatic N) is 1. The molecule has 3 N–H and O–H groups in total. The Morgan fingerprint density at radius 3 is 2.57 bits per heavy atom. The van der Waals surface area contributed by atoms with Gasteiger partial charge in [-0.25, -0.2) is 4.39 Å². The molecule has 0 bridgehead atoms. The highest BCUT2D eigenvalue weighted by molar-refractivity contribution is 5.75. The Kier molecular flexibility index (Phi) is 9.60. The predicted octanol–water partition coefficient (Wildman–Crippen LogP) is 4.35. The number of rotatable bonds is 12. The molecule has 1 saturated heterocycles. The molecule has 0 spiro atoms. The minimum atomic E-state index is -0.495. The van der Waals surface area contributed by atoms with E-state index in [1.807, 2.05) is 11.8 Å². The van der Waals surface area contributed by atoms with E-state index in [1.165, 1.54) is 32.1 Å². The summed E-state index contributed by atoms with van der Waals surface area (Å²) in [5.74, 6) is 0.613. The minimum absolute atomic E-state index is 0.0124. The van der Waals surface area contributed by atoms with Crippen molar-refractivity contribution < 1.29 is 13.9 Å². The summed E-state index contributed by atoms with van der Waals surface area (Å²) in [5, 5.41) is 3.34. The minimum Gasteiger partial charge on any atom is -0.462 e. The summed E-state index contributed by atoms with van der Waals surface area (Å²) < 4.78 is 26.1. The second-order valence-electron chi connectivity index (χ2n) is 10.8. The van der Waals surface area contributed by atoms with Gasteiger partial charge in [0.1, 0.15) is 11.4 Å². The van der Waals surface area contributed by atoms with Crippen molar-refractivity contribution in [1.82, 2.24) is 0 Å². The highest BCUT2D eigenvalue weighted by atomic mass is 19.1. The molecule has 1 saturated carbocycles. The molecule has 0 radical (unpaired) electrons. The number of nitrogens with one attached hydrogen (secondary N) is 1. The lowest BCUT2D eigenvalue weighted by Gasteiger charge is -2.36. The Bertz CT molecular complexity index is 1090. The fourth-order valence-corrected chi connectivity index (χ4v) is 6.05. The van der Waals surface area contributed by atoms with Crippen molar-refractivity contribution in [3.63, 3.8) is 0 Å². The molecular weight excluding hydrogens is 473 g/mol. The maximum Gasteiger partial charge on any atom is 0.253 e. The molecule has 2 aromatic carbocycles. The van der Waals surface area contributed by atoms with Gasteiger partial charge in [0.2, 0.25) is 0 Å². The first kappa shape index (κ1) is 27.6. The first-order valence-electron chi connectivity index (χ1n) is 14.0. The molecule has 2 aliphatic rings. The van der Waals surface area contributed by atoms with Gasteiger partial charge in [0.15, 0.2) is 17.9 Å². The van der Waals surface area contributed by atoms with E-state index in [4.69, 9.17) is 15.2 Å². The molecule has 1 aliphatic heterocycles. The van der Waals surface area contributed by atoms with Crippen LogP contribution in [0.15, 0.2) is 27.8 Å². The van der Waals surface area contributed by atoms with E-state index >= 15 is 4.39 Å². The maximum atomic E-state index is 15.2. The molecule has 2 aromatic rings. The molecule has 8 heteroatoms. The lowest BCUT2D eigenvalue weighted by Crippen LogP contribution is -2.48. The van der Waals surface area contributed by atoms with Crippen LogP contribution in [0.5, 0.6) is 5.75 Å². The lowest BCUT2D eigenvalue weighted by molar-refractivity contribution is -0.0568. The smallest absolute Gasteiger partial charge is 0.253 e.